The molecule has 0 atom stereocenters. The van der Waals surface area contributed by atoms with E-state index in [0.717, 1.165) is 16.5 Å². The molecule has 0 aliphatic rings. The second kappa shape index (κ2) is 5.45. The van der Waals surface area contributed by atoms with E-state index in [4.69, 9.17) is 0 Å². The lowest BCUT2D eigenvalue weighted by Gasteiger charge is -2.03. The third-order valence-electron chi connectivity index (χ3n) is 4.06. The third kappa shape index (κ3) is 2.31. The van der Waals surface area contributed by atoms with E-state index < -0.39 is 0 Å². The van der Waals surface area contributed by atoms with Gasteiger partial charge < -0.3 is 4.98 Å². The zero-order valence-electron chi connectivity index (χ0n) is 13.4. The van der Waals surface area contributed by atoms with Crippen LogP contribution < -0.4 is 5.56 Å². The molecule has 2 heterocycles. The summed E-state index contributed by atoms with van der Waals surface area (Å²) in [6, 6.07) is 15.7. The van der Waals surface area contributed by atoms with Crippen molar-refractivity contribution in [1.82, 2.24) is 14.6 Å². The molecular formula is C19H16N4O. The fourth-order valence-electron chi connectivity index (χ4n) is 2.77. The number of nitrogens with one attached hydrogen (secondary N) is 1. The number of hydrogen-bond acceptors (Lipinski definition) is 3. The Bertz CT molecular complexity index is 1130. The minimum Gasteiger partial charge on any atom is -0.349 e. The maximum atomic E-state index is 12.8. The van der Waals surface area contributed by atoms with Crippen molar-refractivity contribution in [1.29, 1.82) is 0 Å². The Kier molecular flexibility index (Phi) is 3.27. The Morgan fingerprint density at radius 2 is 1.83 bits per heavy atom. The topological polar surface area (TPSA) is 63.0 Å². The molecule has 0 saturated carbocycles. The van der Waals surface area contributed by atoms with Crippen molar-refractivity contribution in [2.45, 2.75) is 13.8 Å². The van der Waals surface area contributed by atoms with Crippen LogP contribution in [0.5, 0.6) is 0 Å². The molecule has 0 bridgehead atoms. The maximum absolute atomic E-state index is 12.8. The van der Waals surface area contributed by atoms with Crippen LogP contribution in [-0.4, -0.2) is 20.9 Å². The monoisotopic (exact) mass is 316 g/mol. The Morgan fingerprint density at radius 3 is 2.62 bits per heavy atom. The van der Waals surface area contributed by atoms with Gasteiger partial charge in [0.15, 0.2) is 0 Å². The number of benzene rings is 2. The fourth-order valence-corrected chi connectivity index (χ4v) is 2.77. The first-order valence-electron chi connectivity index (χ1n) is 7.74. The Morgan fingerprint density at radius 1 is 1.08 bits per heavy atom. The number of aryl methyl sites for hydroxylation is 2. The molecule has 0 unspecified atom stereocenters. The van der Waals surface area contributed by atoms with Crippen LogP contribution >= 0.6 is 0 Å². The summed E-state index contributed by atoms with van der Waals surface area (Å²) in [6.07, 6.45) is 1.67. The van der Waals surface area contributed by atoms with Crippen molar-refractivity contribution in [3.8, 4) is 0 Å². The SMILES string of the molecule is Cc1ccc(C=Nn2c(C)nc3c([nH]c4ccccc43)c2=O)cc1. The van der Waals surface area contributed by atoms with Gasteiger partial charge in [-0.15, -0.1) is 0 Å². The number of aromatic nitrogens is 3. The molecule has 0 spiro atoms. The largest absolute Gasteiger partial charge is 0.349 e. The van der Waals surface area contributed by atoms with Crippen LogP contribution in [0.1, 0.15) is 17.0 Å². The summed E-state index contributed by atoms with van der Waals surface area (Å²) in [5.41, 5.74) is 3.98. The standard InChI is InChI=1S/C19H16N4O/c1-12-7-9-14(10-8-12)11-20-23-13(2)21-17-15-5-3-4-6-16(15)22-18(17)19(23)24/h3-11,22H,1-2H3. The highest BCUT2D eigenvalue weighted by atomic mass is 16.1. The van der Waals surface area contributed by atoms with Crippen LogP contribution in [0.2, 0.25) is 0 Å². The van der Waals surface area contributed by atoms with Crippen molar-refractivity contribution in [3.05, 3.63) is 75.8 Å². The molecular weight excluding hydrogens is 300 g/mol. The third-order valence-corrected chi connectivity index (χ3v) is 4.06. The minimum absolute atomic E-state index is 0.197. The number of H-pyrrole nitrogens is 1. The molecule has 4 rings (SSSR count). The van der Waals surface area contributed by atoms with Gasteiger partial charge in [-0.1, -0.05) is 48.0 Å². The molecule has 5 heteroatoms. The number of hydrogen-bond donors (Lipinski definition) is 1. The lowest BCUT2D eigenvalue weighted by Crippen LogP contribution is -2.20. The number of rotatable bonds is 2. The average Bonchev–Trinajstić information content (AvgIpc) is 2.95. The highest BCUT2D eigenvalue weighted by molar-refractivity contribution is 6.04. The van der Waals surface area contributed by atoms with Crippen LogP contribution in [0, 0.1) is 13.8 Å². The molecule has 0 fully saturated rings. The quantitative estimate of drug-likeness (QED) is 0.576. The predicted molar refractivity (Wildman–Crippen MR) is 96.8 cm³/mol. The van der Waals surface area contributed by atoms with Crippen molar-refractivity contribution in [2.75, 3.05) is 0 Å². The zero-order valence-corrected chi connectivity index (χ0v) is 13.4. The number of nitrogens with zero attached hydrogens (tertiary/aromatic N) is 3. The Labute approximate surface area is 138 Å². The summed E-state index contributed by atoms with van der Waals surface area (Å²) in [5, 5.41) is 5.27. The molecule has 4 aromatic rings. The number of aromatic amines is 1. The van der Waals surface area contributed by atoms with Crippen LogP contribution in [0.25, 0.3) is 21.9 Å². The smallest absolute Gasteiger partial charge is 0.298 e. The van der Waals surface area contributed by atoms with Crippen molar-refractivity contribution >= 4 is 28.2 Å². The van der Waals surface area contributed by atoms with Crippen LogP contribution in [0.4, 0.5) is 0 Å². The van der Waals surface area contributed by atoms with E-state index in [1.54, 1.807) is 13.1 Å². The van der Waals surface area contributed by atoms with Crippen LogP contribution in [0.15, 0.2) is 58.4 Å². The summed E-state index contributed by atoms with van der Waals surface area (Å²) < 4.78 is 1.33. The van der Waals surface area contributed by atoms with E-state index in [-0.39, 0.29) is 5.56 Å². The first-order valence-corrected chi connectivity index (χ1v) is 7.74. The molecule has 0 aliphatic carbocycles. The lowest BCUT2D eigenvalue weighted by molar-refractivity contribution is 0.769. The van der Waals surface area contributed by atoms with Gasteiger partial charge in [0.1, 0.15) is 16.9 Å². The second-order valence-corrected chi connectivity index (χ2v) is 5.83. The van der Waals surface area contributed by atoms with Crippen LogP contribution in [-0.2, 0) is 0 Å². The second-order valence-electron chi connectivity index (χ2n) is 5.83. The number of para-hydroxylation sites is 1. The fraction of sp³-hybridized carbons (Fsp3) is 0.105. The minimum atomic E-state index is -0.197. The molecule has 0 radical (unpaired) electrons. The molecule has 0 amide bonds. The van der Waals surface area contributed by atoms with E-state index >= 15 is 0 Å². The van der Waals surface area contributed by atoms with E-state index in [9.17, 15) is 4.79 Å². The predicted octanol–water partition coefficient (Wildman–Crippen LogP) is 3.38. The van der Waals surface area contributed by atoms with E-state index in [1.165, 1.54) is 10.2 Å². The first-order chi connectivity index (χ1) is 11.6. The Balaban J connectivity index is 1.88. The van der Waals surface area contributed by atoms with Gasteiger partial charge >= 0.3 is 0 Å². The molecule has 2 aromatic carbocycles. The molecule has 2 aromatic heterocycles. The van der Waals surface area contributed by atoms with E-state index in [1.807, 2.05) is 55.5 Å². The highest BCUT2D eigenvalue weighted by Crippen LogP contribution is 2.21. The van der Waals surface area contributed by atoms with Gasteiger partial charge in [0, 0.05) is 10.9 Å². The normalized spacial score (nSPS) is 11.8. The summed E-state index contributed by atoms with van der Waals surface area (Å²) >= 11 is 0. The van der Waals surface area contributed by atoms with Gasteiger partial charge in [0.2, 0.25) is 0 Å². The molecule has 0 aliphatic heterocycles. The summed E-state index contributed by atoms with van der Waals surface area (Å²) in [7, 11) is 0. The summed E-state index contributed by atoms with van der Waals surface area (Å²) in [4.78, 5) is 20.5. The van der Waals surface area contributed by atoms with Crippen molar-refractivity contribution < 1.29 is 0 Å². The number of fused-ring (bicyclic) bond motifs is 3. The van der Waals surface area contributed by atoms with Gasteiger partial charge in [-0.25, -0.2) is 4.98 Å². The highest BCUT2D eigenvalue weighted by Gasteiger charge is 2.12. The van der Waals surface area contributed by atoms with Crippen LogP contribution in [0.3, 0.4) is 0 Å². The van der Waals surface area contributed by atoms with Crippen molar-refractivity contribution in [2.24, 2.45) is 5.10 Å². The van der Waals surface area contributed by atoms with Gasteiger partial charge in [-0.05, 0) is 25.5 Å². The van der Waals surface area contributed by atoms with Gasteiger partial charge in [-0.3, -0.25) is 4.79 Å². The van der Waals surface area contributed by atoms with Gasteiger partial charge in [0.25, 0.3) is 5.56 Å². The lowest BCUT2D eigenvalue weighted by atomic mass is 10.2. The average molecular weight is 316 g/mol. The first kappa shape index (κ1) is 14.4. The maximum Gasteiger partial charge on any atom is 0.298 e. The molecule has 5 nitrogen and oxygen atoms in total. The molecule has 1 N–H and O–H groups in total. The van der Waals surface area contributed by atoms with Crippen molar-refractivity contribution in [3.63, 3.8) is 0 Å². The van der Waals surface area contributed by atoms with E-state index in [2.05, 4.69) is 15.1 Å². The van der Waals surface area contributed by atoms with Gasteiger partial charge in [-0.2, -0.15) is 9.78 Å². The summed E-state index contributed by atoms with van der Waals surface area (Å²) in [5.74, 6) is 0.556. The Hall–Kier alpha value is -3.21. The van der Waals surface area contributed by atoms with E-state index in [0.29, 0.717) is 16.9 Å². The molecule has 118 valence electrons. The molecule has 0 saturated heterocycles. The summed E-state index contributed by atoms with van der Waals surface area (Å²) in [6.45, 7) is 3.82. The molecule has 24 heavy (non-hydrogen) atoms. The van der Waals surface area contributed by atoms with Gasteiger partial charge in [0.05, 0.1) is 6.21 Å². The zero-order chi connectivity index (χ0) is 16.7.